The van der Waals surface area contributed by atoms with Crippen LogP contribution in [0.2, 0.25) is 0 Å². The fourth-order valence-electron chi connectivity index (χ4n) is 2.52. The second kappa shape index (κ2) is 7.69. The minimum absolute atomic E-state index is 0.0324. The van der Waals surface area contributed by atoms with Crippen molar-refractivity contribution in [3.8, 4) is 5.69 Å². The zero-order valence-electron chi connectivity index (χ0n) is 15.5. The molecule has 0 amide bonds. The largest absolute Gasteiger partial charge is 0.356 e. The van der Waals surface area contributed by atoms with Gasteiger partial charge in [-0.15, -0.1) is 5.10 Å². The Labute approximate surface area is 163 Å². The summed E-state index contributed by atoms with van der Waals surface area (Å²) < 4.78 is 4.52. The molecule has 0 atom stereocenters. The minimum atomic E-state index is -0.0324. The molecule has 0 saturated heterocycles. The summed E-state index contributed by atoms with van der Waals surface area (Å²) in [5.41, 5.74) is 2.17. The van der Waals surface area contributed by atoms with Crippen LogP contribution in [-0.4, -0.2) is 37.0 Å². The summed E-state index contributed by atoms with van der Waals surface area (Å²) in [5.74, 6) is 0. The van der Waals surface area contributed by atoms with Gasteiger partial charge in [0.1, 0.15) is 0 Å². The van der Waals surface area contributed by atoms with E-state index in [2.05, 4.69) is 54.4 Å². The molecule has 0 spiro atoms. The Balaban J connectivity index is 1.64. The molecule has 0 saturated carbocycles. The highest BCUT2D eigenvalue weighted by molar-refractivity contribution is 7.73. The molecule has 26 heavy (non-hydrogen) atoms. The van der Waals surface area contributed by atoms with Crippen molar-refractivity contribution < 1.29 is 0 Å². The molecule has 0 fully saturated rings. The summed E-state index contributed by atoms with van der Waals surface area (Å²) in [6, 6.07) is 10.1. The standard InChI is InChI=1S/C18H24N6S2/c1-18(2,3)20-16-21-24(17(25)26-16)13-22(4)11-14-10-19-23(12-14)15-8-6-5-7-9-15/h5-10,12H,11,13H2,1-4H3,(H,20,21). The number of hydrogen-bond donors (Lipinski definition) is 1. The molecule has 138 valence electrons. The molecule has 3 aromatic rings. The normalized spacial score (nSPS) is 11.9. The number of anilines is 1. The van der Waals surface area contributed by atoms with Gasteiger partial charge in [-0.25, -0.2) is 9.36 Å². The molecule has 2 aromatic heterocycles. The lowest BCUT2D eigenvalue weighted by Crippen LogP contribution is -2.26. The van der Waals surface area contributed by atoms with Crippen LogP contribution in [0.4, 0.5) is 5.13 Å². The Morgan fingerprint density at radius 3 is 2.65 bits per heavy atom. The first kappa shape index (κ1) is 18.8. The molecule has 1 N–H and O–H groups in total. The van der Waals surface area contributed by atoms with Gasteiger partial charge in [-0.05, 0) is 52.2 Å². The van der Waals surface area contributed by atoms with Crippen molar-refractivity contribution in [1.29, 1.82) is 0 Å². The molecule has 0 aliphatic rings. The Kier molecular flexibility index (Phi) is 5.55. The summed E-state index contributed by atoms with van der Waals surface area (Å²) in [5, 5.41) is 13.3. The lowest BCUT2D eigenvalue weighted by molar-refractivity contribution is 0.245. The van der Waals surface area contributed by atoms with Crippen LogP contribution in [0.1, 0.15) is 26.3 Å². The van der Waals surface area contributed by atoms with Gasteiger partial charge >= 0.3 is 0 Å². The van der Waals surface area contributed by atoms with Gasteiger partial charge in [0, 0.05) is 23.8 Å². The third-order valence-electron chi connectivity index (χ3n) is 3.57. The predicted octanol–water partition coefficient (Wildman–Crippen LogP) is 4.16. The van der Waals surface area contributed by atoms with E-state index >= 15 is 0 Å². The number of hydrogen-bond acceptors (Lipinski definition) is 6. The summed E-state index contributed by atoms with van der Waals surface area (Å²) in [6.07, 6.45) is 3.95. The van der Waals surface area contributed by atoms with Crippen molar-refractivity contribution in [2.24, 2.45) is 0 Å². The molecule has 2 heterocycles. The van der Waals surface area contributed by atoms with E-state index in [9.17, 15) is 0 Å². The molecule has 3 rings (SSSR count). The Morgan fingerprint density at radius 1 is 1.23 bits per heavy atom. The maximum Gasteiger partial charge on any atom is 0.205 e. The van der Waals surface area contributed by atoms with E-state index in [0.29, 0.717) is 6.67 Å². The maximum absolute atomic E-state index is 5.45. The van der Waals surface area contributed by atoms with Crippen molar-refractivity contribution in [2.45, 2.75) is 39.5 Å². The first-order valence-corrected chi connectivity index (χ1v) is 9.66. The van der Waals surface area contributed by atoms with Gasteiger partial charge in [-0.2, -0.15) is 5.10 Å². The summed E-state index contributed by atoms with van der Waals surface area (Å²) >= 11 is 6.95. The maximum atomic E-state index is 5.45. The molecule has 0 radical (unpaired) electrons. The third kappa shape index (κ3) is 5.00. The summed E-state index contributed by atoms with van der Waals surface area (Å²) in [4.78, 5) is 2.17. The molecule has 1 aromatic carbocycles. The van der Waals surface area contributed by atoms with Crippen molar-refractivity contribution in [2.75, 3.05) is 12.4 Å². The van der Waals surface area contributed by atoms with E-state index < -0.39 is 0 Å². The van der Waals surface area contributed by atoms with E-state index in [1.807, 2.05) is 45.9 Å². The van der Waals surface area contributed by atoms with Gasteiger partial charge < -0.3 is 5.32 Å². The molecule has 6 nitrogen and oxygen atoms in total. The number of para-hydroxylation sites is 1. The molecular weight excluding hydrogens is 364 g/mol. The molecule has 0 aliphatic carbocycles. The van der Waals surface area contributed by atoms with Crippen LogP contribution in [0, 0.1) is 3.95 Å². The molecule has 0 aliphatic heterocycles. The number of aromatic nitrogens is 4. The smallest absolute Gasteiger partial charge is 0.205 e. The predicted molar refractivity (Wildman–Crippen MR) is 109 cm³/mol. The average Bonchev–Trinajstić information content (AvgIpc) is 3.14. The van der Waals surface area contributed by atoms with Gasteiger partial charge in [0.2, 0.25) is 5.13 Å². The van der Waals surface area contributed by atoms with E-state index in [1.54, 1.807) is 0 Å². The van der Waals surface area contributed by atoms with Crippen LogP contribution in [-0.2, 0) is 13.2 Å². The van der Waals surface area contributed by atoms with Crippen LogP contribution < -0.4 is 5.32 Å². The van der Waals surface area contributed by atoms with Crippen LogP contribution in [0.15, 0.2) is 42.7 Å². The van der Waals surface area contributed by atoms with Gasteiger partial charge in [0.25, 0.3) is 0 Å². The highest BCUT2D eigenvalue weighted by atomic mass is 32.1. The average molecular weight is 389 g/mol. The second-order valence-electron chi connectivity index (χ2n) is 7.33. The number of nitrogens with zero attached hydrogens (tertiary/aromatic N) is 5. The molecule has 0 bridgehead atoms. The topological polar surface area (TPSA) is 50.9 Å². The quantitative estimate of drug-likeness (QED) is 0.643. The van der Waals surface area contributed by atoms with Crippen molar-refractivity contribution in [1.82, 2.24) is 24.5 Å². The van der Waals surface area contributed by atoms with Gasteiger partial charge in [-0.1, -0.05) is 29.5 Å². The molecule has 8 heteroatoms. The fraction of sp³-hybridized carbons (Fsp3) is 0.389. The van der Waals surface area contributed by atoms with Crippen LogP contribution in [0.5, 0.6) is 0 Å². The first-order chi connectivity index (χ1) is 12.3. The minimum Gasteiger partial charge on any atom is -0.356 e. The lowest BCUT2D eigenvalue weighted by atomic mass is 10.1. The second-order valence-corrected chi connectivity index (χ2v) is 8.95. The zero-order valence-corrected chi connectivity index (χ0v) is 17.1. The van der Waals surface area contributed by atoms with E-state index in [-0.39, 0.29) is 5.54 Å². The zero-order chi connectivity index (χ0) is 18.7. The third-order valence-corrected chi connectivity index (χ3v) is 4.80. The summed E-state index contributed by atoms with van der Waals surface area (Å²) in [7, 11) is 2.05. The highest BCUT2D eigenvalue weighted by Gasteiger charge is 2.14. The first-order valence-electron chi connectivity index (χ1n) is 8.44. The van der Waals surface area contributed by atoms with Crippen LogP contribution in [0.3, 0.4) is 0 Å². The Bertz CT molecular complexity index is 904. The monoisotopic (exact) mass is 388 g/mol. The fourth-order valence-corrected chi connectivity index (χ4v) is 3.72. The number of nitrogens with one attached hydrogen (secondary N) is 1. The lowest BCUT2D eigenvalue weighted by Gasteiger charge is -2.19. The summed E-state index contributed by atoms with van der Waals surface area (Å²) in [6.45, 7) is 7.74. The van der Waals surface area contributed by atoms with Gasteiger partial charge in [0.05, 0.1) is 18.6 Å². The number of benzene rings is 1. The SMILES string of the molecule is CN(Cc1cnn(-c2ccccc2)c1)Cn1nc(NC(C)(C)C)sc1=S. The Hall–Kier alpha value is -2.03. The molecule has 0 unspecified atom stereocenters. The highest BCUT2D eigenvalue weighted by Crippen LogP contribution is 2.19. The van der Waals surface area contributed by atoms with E-state index in [0.717, 1.165) is 26.9 Å². The van der Waals surface area contributed by atoms with Crippen LogP contribution >= 0.6 is 23.6 Å². The number of rotatable bonds is 6. The van der Waals surface area contributed by atoms with Gasteiger partial charge in [-0.3, -0.25) is 4.90 Å². The van der Waals surface area contributed by atoms with E-state index in [1.165, 1.54) is 11.3 Å². The van der Waals surface area contributed by atoms with Crippen LogP contribution in [0.25, 0.3) is 5.69 Å². The van der Waals surface area contributed by atoms with Gasteiger partial charge in [0.15, 0.2) is 3.95 Å². The van der Waals surface area contributed by atoms with Crippen molar-refractivity contribution >= 4 is 28.7 Å². The van der Waals surface area contributed by atoms with E-state index in [4.69, 9.17) is 12.2 Å². The van der Waals surface area contributed by atoms with Crippen molar-refractivity contribution in [3.63, 3.8) is 0 Å². The van der Waals surface area contributed by atoms with Crippen molar-refractivity contribution in [3.05, 3.63) is 52.2 Å². The molecular formula is C18H24N6S2. The Morgan fingerprint density at radius 2 is 1.96 bits per heavy atom.